The summed E-state index contributed by atoms with van der Waals surface area (Å²) in [6.45, 7) is 3.79. The largest absolute Gasteiger partial charge is 0.456 e. The molecule has 1 N–H and O–H groups in total. The maximum Gasteiger partial charge on any atom is 0.306 e. The van der Waals surface area contributed by atoms with Gasteiger partial charge in [-0.25, -0.2) is 0 Å². The maximum atomic E-state index is 12.0. The van der Waals surface area contributed by atoms with Gasteiger partial charge in [0.2, 0.25) is 0 Å². The Morgan fingerprint density at radius 1 is 0.963 bits per heavy atom. The van der Waals surface area contributed by atoms with Crippen molar-refractivity contribution in [3.63, 3.8) is 0 Å². The number of benzene rings is 2. The lowest BCUT2D eigenvalue weighted by molar-refractivity contribution is -0.147. The van der Waals surface area contributed by atoms with E-state index in [1.54, 1.807) is 36.4 Å². The van der Waals surface area contributed by atoms with Crippen molar-refractivity contribution >= 4 is 34.9 Å². The van der Waals surface area contributed by atoms with Crippen LogP contribution in [0.3, 0.4) is 0 Å². The highest BCUT2D eigenvalue weighted by molar-refractivity contribution is 6.30. The number of esters is 1. The third kappa shape index (κ3) is 6.87. The average molecular weight is 388 g/mol. The Bertz CT molecular complexity index is 798. The topological polar surface area (TPSA) is 72.5 Å². The summed E-state index contributed by atoms with van der Waals surface area (Å²) < 4.78 is 4.92. The first kappa shape index (κ1) is 20.6. The Kier molecular flexibility index (Phi) is 7.55. The molecule has 27 heavy (non-hydrogen) atoms. The molecule has 0 saturated heterocycles. The number of Topliss-reactive ketones (excluding diaryl/α,β-unsaturated/α-hetero) is 1. The highest BCUT2D eigenvalue weighted by Crippen LogP contribution is 2.17. The number of carbonyl (C=O) groups is 3. The van der Waals surface area contributed by atoms with Gasteiger partial charge in [-0.15, -0.1) is 0 Å². The van der Waals surface area contributed by atoms with Crippen LogP contribution in [0.15, 0.2) is 48.5 Å². The highest BCUT2D eigenvalue weighted by atomic mass is 35.5. The van der Waals surface area contributed by atoms with Crippen LogP contribution >= 0.6 is 11.6 Å². The fourth-order valence-corrected chi connectivity index (χ4v) is 2.49. The monoisotopic (exact) mass is 387 g/mol. The van der Waals surface area contributed by atoms with E-state index in [1.165, 1.54) is 5.56 Å². The van der Waals surface area contributed by atoms with E-state index in [2.05, 4.69) is 19.2 Å². The molecule has 0 saturated carbocycles. The zero-order chi connectivity index (χ0) is 19.8. The number of ketones is 1. The van der Waals surface area contributed by atoms with Gasteiger partial charge >= 0.3 is 5.97 Å². The number of ether oxygens (including phenoxy) is 1. The molecule has 2 aromatic rings. The molecule has 0 heterocycles. The Labute approximate surface area is 163 Å². The number of nitrogens with one attached hydrogen (secondary N) is 1. The number of carbonyl (C=O) groups excluding carboxylic acids is 3. The lowest BCUT2D eigenvalue weighted by Gasteiger charge is -2.09. The number of hydrogen-bond donors (Lipinski definition) is 1. The quantitative estimate of drug-likeness (QED) is 0.530. The maximum absolute atomic E-state index is 12.0. The summed E-state index contributed by atoms with van der Waals surface area (Å²) in [7, 11) is 0. The van der Waals surface area contributed by atoms with Crippen LogP contribution in [0.5, 0.6) is 0 Å². The lowest BCUT2D eigenvalue weighted by atomic mass is 10.0. The van der Waals surface area contributed by atoms with Crippen molar-refractivity contribution in [3.05, 3.63) is 64.7 Å². The smallest absolute Gasteiger partial charge is 0.306 e. The van der Waals surface area contributed by atoms with Crippen molar-refractivity contribution < 1.29 is 19.1 Å². The second kappa shape index (κ2) is 9.88. The van der Waals surface area contributed by atoms with Crippen LogP contribution in [-0.4, -0.2) is 24.3 Å². The molecule has 0 spiro atoms. The molecule has 0 radical (unpaired) electrons. The molecular weight excluding hydrogens is 366 g/mol. The summed E-state index contributed by atoms with van der Waals surface area (Å²) in [5.74, 6) is -0.795. The first-order chi connectivity index (χ1) is 12.8. The molecule has 2 aromatic carbocycles. The predicted molar refractivity (Wildman–Crippen MR) is 105 cm³/mol. The molecule has 0 aromatic heterocycles. The second-order valence-electron chi connectivity index (χ2n) is 6.42. The third-order valence-electron chi connectivity index (χ3n) is 3.95. The SMILES string of the molecule is CC(C)c1ccc(NC(=O)COC(=O)CCC(=O)c2ccc(Cl)cc2)cc1. The molecule has 0 aliphatic heterocycles. The van der Waals surface area contributed by atoms with Crippen LogP contribution in [0.2, 0.25) is 5.02 Å². The minimum Gasteiger partial charge on any atom is -0.456 e. The van der Waals surface area contributed by atoms with Crippen LogP contribution in [0.4, 0.5) is 5.69 Å². The van der Waals surface area contributed by atoms with Gasteiger partial charge < -0.3 is 10.1 Å². The average Bonchev–Trinajstić information content (AvgIpc) is 2.65. The van der Waals surface area contributed by atoms with E-state index in [9.17, 15) is 14.4 Å². The van der Waals surface area contributed by atoms with Gasteiger partial charge in [0, 0.05) is 22.7 Å². The van der Waals surface area contributed by atoms with Gasteiger partial charge in [-0.05, 0) is 47.9 Å². The second-order valence-corrected chi connectivity index (χ2v) is 6.85. The number of hydrogen-bond acceptors (Lipinski definition) is 4. The van der Waals surface area contributed by atoms with Crippen molar-refractivity contribution in [1.29, 1.82) is 0 Å². The molecule has 1 amide bonds. The van der Waals surface area contributed by atoms with Gasteiger partial charge in [0.15, 0.2) is 12.4 Å². The predicted octanol–water partition coefficient (Wildman–Crippen LogP) is 4.61. The number of anilines is 1. The van der Waals surface area contributed by atoms with Crippen molar-refractivity contribution in [1.82, 2.24) is 0 Å². The summed E-state index contributed by atoms with van der Waals surface area (Å²) in [5.41, 5.74) is 2.29. The Hall–Kier alpha value is -2.66. The minimum absolute atomic E-state index is 0.0126. The van der Waals surface area contributed by atoms with Crippen molar-refractivity contribution in [2.45, 2.75) is 32.6 Å². The van der Waals surface area contributed by atoms with Crippen molar-refractivity contribution in [2.75, 3.05) is 11.9 Å². The summed E-state index contributed by atoms with van der Waals surface area (Å²) in [4.78, 5) is 35.6. The van der Waals surface area contributed by atoms with Crippen LogP contribution in [0.25, 0.3) is 0 Å². The van der Waals surface area contributed by atoms with E-state index in [0.29, 0.717) is 22.2 Å². The van der Waals surface area contributed by atoms with Crippen molar-refractivity contribution in [3.8, 4) is 0 Å². The van der Waals surface area contributed by atoms with Crippen molar-refractivity contribution in [2.24, 2.45) is 0 Å². The summed E-state index contributed by atoms with van der Waals surface area (Å²) in [6.07, 6.45) is -0.0728. The number of rotatable bonds is 8. The van der Waals surface area contributed by atoms with Gasteiger partial charge in [-0.2, -0.15) is 0 Å². The first-order valence-electron chi connectivity index (χ1n) is 8.69. The lowest BCUT2D eigenvalue weighted by Crippen LogP contribution is -2.21. The standard InChI is InChI=1S/C21H22ClNO4/c1-14(2)15-5-9-18(10-6-15)23-20(25)13-27-21(26)12-11-19(24)16-3-7-17(22)8-4-16/h3-10,14H,11-13H2,1-2H3,(H,23,25). The van der Waals surface area contributed by atoms with Crippen LogP contribution in [0, 0.1) is 0 Å². The Morgan fingerprint density at radius 2 is 1.59 bits per heavy atom. The van der Waals surface area contributed by atoms with E-state index in [-0.39, 0.29) is 25.2 Å². The molecular formula is C21H22ClNO4. The zero-order valence-electron chi connectivity index (χ0n) is 15.3. The zero-order valence-corrected chi connectivity index (χ0v) is 16.1. The molecule has 0 atom stereocenters. The van der Waals surface area contributed by atoms with E-state index < -0.39 is 11.9 Å². The molecule has 0 aliphatic rings. The summed E-state index contributed by atoms with van der Waals surface area (Å²) in [6, 6.07) is 13.9. The van der Waals surface area contributed by atoms with Crippen LogP contribution in [-0.2, 0) is 14.3 Å². The molecule has 5 nitrogen and oxygen atoms in total. The van der Waals surface area contributed by atoms with Gasteiger partial charge in [-0.3, -0.25) is 14.4 Å². The van der Waals surface area contributed by atoms with E-state index in [1.807, 2.05) is 12.1 Å². The Balaban J connectivity index is 1.72. The van der Waals surface area contributed by atoms with E-state index in [0.717, 1.165) is 0 Å². The molecule has 0 unspecified atom stereocenters. The van der Waals surface area contributed by atoms with Gasteiger partial charge in [0.1, 0.15) is 0 Å². The van der Waals surface area contributed by atoms with Gasteiger partial charge in [-0.1, -0.05) is 37.6 Å². The van der Waals surface area contributed by atoms with Gasteiger partial charge in [0.05, 0.1) is 6.42 Å². The van der Waals surface area contributed by atoms with E-state index >= 15 is 0 Å². The number of halogens is 1. The highest BCUT2D eigenvalue weighted by Gasteiger charge is 2.12. The van der Waals surface area contributed by atoms with Crippen LogP contribution in [0.1, 0.15) is 48.5 Å². The van der Waals surface area contributed by atoms with Gasteiger partial charge in [0.25, 0.3) is 5.91 Å². The number of amides is 1. The minimum atomic E-state index is -0.595. The fourth-order valence-electron chi connectivity index (χ4n) is 2.36. The summed E-state index contributed by atoms with van der Waals surface area (Å²) in [5, 5.41) is 3.20. The normalized spacial score (nSPS) is 10.5. The van der Waals surface area contributed by atoms with E-state index in [4.69, 9.17) is 16.3 Å². The fraction of sp³-hybridized carbons (Fsp3) is 0.286. The Morgan fingerprint density at radius 3 is 2.19 bits per heavy atom. The molecule has 6 heteroatoms. The molecule has 0 aliphatic carbocycles. The molecule has 0 fully saturated rings. The summed E-state index contributed by atoms with van der Waals surface area (Å²) >= 11 is 5.77. The molecule has 0 bridgehead atoms. The third-order valence-corrected chi connectivity index (χ3v) is 4.20. The molecule has 142 valence electrons. The first-order valence-corrected chi connectivity index (χ1v) is 9.07. The molecule has 2 rings (SSSR count). The van der Waals surface area contributed by atoms with Crippen LogP contribution < -0.4 is 5.32 Å².